The fraction of sp³-hybridized carbons (Fsp3) is 0.227. The van der Waals surface area contributed by atoms with E-state index in [1.54, 1.807) is 30.4 Å². The van der Waals surface area contributed by atoms with Crippen molar-refractivity contribution in [3.63, 3.8) is 0 Å². The van der Waals surface area contributed by atoms with Crippen molar-refractivity contribution >= 4 is 82.2 Å². The number of carbonyl (C=O) groups is 3. The van der Waals surface area contributed by atoms with Crippen molar-refractivity contribution < 1.29 is 24.6 Å². The smallest absolute Gasteiger partial charge is 0.352 e. The van der Waals surface area contributed by atoms with Crippen molar-refractivity contribution in [2.24, 2.45) is 0 Å². The number of amides is 2. The van der Waals surface area contributed by atoms with Crippen LogP contribution in [0.4, 0.5) is 5.95 Å². The number of aromatic nitrogens is 2. The molecule has 0 spiro atoms. The van der Waals surface area contributed by atoms with Gasteiger partial charge in [-0.25, -0.2) is 9.78 Å². The molecule has 37 heavy (non-hydrogen) atoms. The third-order valence-corrected chi connectivity index (χ3v) is 9.02. The number of fused-ring (bicyclic) bond motifs is 1. The van der Waals surface area contributed by atoms with Crippen LogP contribution in [0, 0.1) is 0 Å². The van der Waals surface area contributed by atoms with Crippen LogP contribution >= 0.6 is 58.5 Å². The SMILES string of the molecule is Nc1nc(O)cc(SC/C=C/C2=C(C(=O)O)N3C(=O)[C@@H](NC(=O)CSc4cc(Cl)ccc4Cl)[C@H]3SC2)n1. The van der Waals surface area contributed by atoms with Crippen molar-refractivity contribution in [3.05, 3.63) is 57.7 Å². The molecule has 0 unspecified atom stereocenters. The van der Waals surface area contributed by atoms with Gasteiger partial charge in [0.2, 0.25) is 17.7 Å². The number of anilines is 1. The Morgan fingerprint density at radius 1 is 1.27 bits per heavy atom. The highest BCUT2D eigenvalue weighted by Gasteiger charge is 2.53. The number of carboxylic acid groups (broad SMARTS) is 1. The number of nitrogen functional groups attached to an aromatic ring is 1. The molecule has 1 saturated heterocycles. The van der Waals surface area contributed by atoms with E-state index in [0.29, 0.717) is 37.0 Å². The highest BCUT2D eigenvalue weighted by molar-refractivity contribution is 8.00. The molecule has 0 aliphatic carbocycles. The number of nitrogens with zero attached hydrogens (tertiary/aromatic N) is 3. The number of aromatic hydroxyl groups is 1. The number of benzene rings is 1. The lowest BCUT2D eigenvalue weighted by molar-refractivity contribution is -0.150. The van der Waals surface area contributed by atoms with Gasteiger partial charge >= 0.3 is 5.97 Å². The van der Waals surface area contributed by atoms with E-state index in [1.807, 2.05) is 0 Å². The van der Waals surface area contributed by atoms with Crippen LogP contribution in [0.25, 0.3) is 0 Å². The normalized spacial score (nSPS) is 19.1. The molecule has 2 atom stereocenters. The van der Waals surface area contributed by atoms with Crippen molar-refractivity contribution in [3.8, 4) is 5.88 Å². The number of β-lactam (4-membered cyclic amide) rings is 1. The minimum atomic E-state index is -1.23. The lowest BCUT2D eigenvalue weighted by Gasteiger charge is -2.49. The Kier molecular flexibility index (Phi) is 8.80. The molecule has 10 nitrogen and oxygen atoms in total. The maximum Gasteiger partial charge on any atom is 0.352 e. The van der Waals surface area contributed by atoms with Crippen molar-refractivity contribution in [1.29, 1.82) is 0 Å². The highest BCUT2D eigenvalue weighted by Crippen LogP contribution is 2.41. The first kappa shape index (κ1) is 27.5. The Balaban J connectivity index is 1.36. The van der Waals surface area contributed by atoms with Gasteiger partial charge in [0.1, 0.15) is 22.1 Å². The summed E-state index contributed by atoms with van der Waals surface area (Å²) in [6, 6.07) is 5.48. The molecule has 5 N–H and O–H groups in total. The molecule has 0 bridgehead atoms. The van der Waals surface area contributed by atoms with Gasteiger partial charge < -0.3 is 21.3 Å². The zero-order chi connectivity index (χ0) is 26.7. The van der Waals surface area contributed by atoms with Gasteiger partial charge in [-0.05, 0) is 23.8 Å². The fourth-order valence-corrected chi connectivity index (χ4v) is 6.88. The van der Waals surface area contributed by atoms with Crippen LogP contribution in [0.3, 0.4) is 0 Å². The first-order valence-corrected chi connectivity index (χ1v) is 14.3. The predicted molar refractivity (Wildman–Crippen MR) is 145 cm³/mol. The summed E-state index contributed by atoms with van der Waals surface area (Å²) in [5.74, 6) is -1.60. The number of nitrogens with two attached hydrogens (primary N) is 1. The van der Waals surface area contributed by atoms with Gasteiger partial charge in [0, 0.05) is 27.5 Å². The molecule has 3 heterocycles. The Labute approximate surface area is 234 Å². The number of thioether (sulfide) groups is 3. The second-order valence-electron chi connectivity index (χ2n) is 7.63. The molecule has 1 aromatic heterocycles. The largest absolute Gasteiger partial charge is 0.493 e. The summed E-state index contributed by atoms with van der Waals surface area (Å²) in [4.78, 5) is 46.7. The Hall–Kier alpha value is -2.58. The highest BCUT2D eigenvalue weighted by atomic mass is 35.5. The summed E-state index contributed by atoms with van der Waals surface area (Å²) in [7, 11) is 0. The molecule has 1 fully saturated rings. The zero-order valence-electron chi connectivity index (χ0n) is 18.8. The minimum absolute atomic E-state index is 0.0181. The Morgan fingerprint density at radius 3 is 2.78 bits per heavy atom. The van der Waals surface area contributed by atoms with E-state index in [2.05, 4.69) is 15.3 Å². The fourth-order valence-electron chi connectivity index (χ4n) is 3.55. The van der Waals surface area contributed by atoms with E-state index in [9.17, 15) is 24.6 Å². The molecule has 15 heteroatoms. The van der Waals surface area contributed by atoms with E-state index < -0.39 is 23.3 Å². The van der Waals surface area contributed by atoms with Gasteiger partial charge in [-0.3, -0.25) is 14.5 Å². The lowest BCUT2D eigenvalue weighted by atomic mass is 10.0. The number of hydrogen-bond acceptors (Lipinski definition) is 10. The van der Waals surface area contributed by atoms with Crippen LogP contribution in [-0.2, 0) is 14.4 Å². The molecule has 1 aromatic carbocycles. The first-order valence-electron chi connectivity index (χ1n) is 10.5. The third kappa shape index (κ3) is 6.47. The lowest BCUT2D eigenvalue weighted by Crippen LogP contribution is -2.70. The molecule has 0 saturated carbocycles. The quantitative estimate of drug-likeness (QED) is 0.190. The number of rotatable bonds is 9. The van der Waals surface area contributed by atoms with Crippen LogP contribution in [-0.4, -0.2) is 71.5 Å². The van der Waals surface area contributed by atoms with Gasteiger partial charge in [0.25, 0.3) is 5.91 Å². The Morgan fingerprint density at radius 2 is 2.05 bits per heavy atom. The second-order valence-corrected chi connectivity index (χ2v) is 11.6. The molecule has 2 aliphatic rings. The molecule has 2 aliphatic heterocycles. The molecular weight excluding hydrogens is 581 g/mol. The molecule has 4 rings (SSSR count). The third-order valence-electron chi connectivity index (χ3n) is 5.12. The van der Waals surface area contributed by atoms with Crippen molar-refractivity contribution in [2.45, 2.75) is 21.3 Å². The minimum Gasteiger partial charge on any atom is -0.493 e. The predicted octanol–water partition coefficient (Wildman–Crippen LogP) is 3.25. The number of carboxylic acids is 1. The zero-order valence-corrected chi connectivity index (χ0v) is 22.7. The van der Waals surface area contributed by atoms with Crippen LogP contribution in [0.15, 0.2) is 57.6 Å². The molecule has 2 aromatic rings. The summed E-state index contributed by atoms with van der Waals surface area (Å²) >= 11 is 15.9. The number of nitrogens with one attached hydrogen (secondary N) is 1. The number of aliphatic carboxylic acids is 1. The van der Waals surface area contributed by atoms with Crippen LogP contribution in [0.1, 0.15) is 0 Å². The summed E-state index contributed by atoms with van der Waals surface area (Å²) < 4.78 is 0. The van der Waals surface area contributed by atoms with E-state index >= 15 is 0 Å². The first-order chi connectivity index (χ1) is 17.6. The maximum absolute atomic E-state index is 12.8. The van der Waals surface area contributed by atoms with E-state index in [1.165, 1.54) is 46.3 Å². The molecule has 194 valence electrons. The van der Waals surface area contributed by atoms with Crippen LogP contribution in [0.2, 0.25) is 10.0 Å². The summed E-state index contributed by atoms with van der Waals surface area (Å²) in [5.41, 5.74) is 5.88. The van der Waals surface area contributed by atoms with E-state index in [4.69, 9.17) is 28.9 Å². The summed E-state index contributed by atoms with van der Waals surface area (Å²) in [6.45, 7) is 0. The topological polar surface area (TPSA) is 159 Å². The standard InChI is InChI=1S/C22H19Cl2N5O5S3/c23-11-3-4-12(24)13(6-11)36-9-15(31)26-17-19(32)29-18(21(33)34)10(8-37-20(17)29)2-1-5-35-16-7-14(30)27-22(25)28-16/h1-4,6-7,17,20H,5,8-9H2,(H,26,31)(H,33,34)(H3,25,27,28,30)/b2-1+/t17-,20-/m1/s1. The van der Waals surface area contributed by atoms with Gasteiger partial charge in [-0.2, -0.15) is 4.98 Å². The molecular formula is C22H19Cl2N5O5S3. The van der Waals surface area contributed by atoms with Crippen LogP contribution in [0.5, 0.6) is 5.88 Å². The van der Waals surface area contributed by atoms with Gasteiger partial charge in [0.05, 0.1) is 10.8 Å². The van der Waals surface area contributed by atoms with Crippen LogP contribution < -0.4 is 11.1 Å². The number of allylic oxidation sites excluding steroid dienone is 1. The van der Waals surface area contributed by atoms with E-state index in [-0.39, 0.29) is 29.2 Å². The van der Waals surface area contributed by atoms with E-state index in [0.717, 1.165) is 0 Å². The molecule has 0 radical (unpaired) electrons. The van der Waals surface area contributed by atoms with Gasteiger partial charge in [0.15, 0.2) is 0 Å². The second kappa shape index (κ2) is 11.9. The number of carbonyl (C=O) groups excluding carboxylic acids is 2. The summed E-state index contributed by atoms with van der Waals surface area (Å²) in [5, 5.41) is 22.9. The molecule has 2 amide bonds. The van der Waals surface area contributed by atoms with Gasteiger partial charge in [-0.15, -0.1) is 35.3 Å². The average Bonchev–Trinajstić information content (AvgIpc) is 2.84. The number of halogens is 2. The summed E-state index contributed by atoms with van der Waals surface area (Å²) in [6.07, 6.45) is 3.38. The average molecular weight is 601 g/mol. The van der Waals surface area contributed by atoms with Gasteiger partial charge in [-0.1, -0.05) is 35.4 Å². The Bertz CT molecular complexity index is 1310. The monoisotopic (exact) mass is 599 g/mol. The van der Waals surface area contributed by atoms with Crippen molar-refractivity contribution in [2.75, 3.05) is 23.0 Å². The maximum atomic E-state index is 12.8. The van der Waals surface area contributed by atoms with Crippen molar-refractivity contribution in [1.82, 2.24) is 20.2 Å². The number of hydrogen-bond donors (Lipinski definition) is 4.